The maximum atomic E-state index is 11.9. The molecule has 0 aliphatic heterocycles. The zero-order valence-corrected chi connectivity index (χ0v) is 15.4. The molecular formula is C17H21N5O3S. The number of methoxy groups -OCH3 is 1. The molecule has 2 rings (SSSR count). The minimum atomic E-state index is -0.276. The van der Waals surface area contributed by atoms with Crippen molar-refractivity contribution in [1.82, 2.24) is 21.2 Å². The Morgan fingerprint density at radius 1 is 1.27 bits per heavy atom. The first-order chi connectivity index (χ1) is 12.5. The highest BCUT2D eigenvalue weighted by atomic mass is 32.1. The molecule has 0 bridgehead atoms. The van der Waals surface area contributed by atoms with Crippen molar-refractivity contribution in [3.63, 3.8) is 0 Å². The van der Waals surface area contributed by atoms with Gasteiger partial charge in [0.25, 0.3) is 0 Å². The van der Waals surface area contributed by atoms with Crippen LogP contribution in [0.15, 0.2) is 41.4 Å². The van der Waals surface area contributed by atoms with E-state index < -0.39 is 0 Å². The van der Waals surface area contributed by atoms with Gasteiger partial charge in [-0.3, -0.25) is 15.0 Å². The van der Waals surface area contributed by atoms with E-state index in [-0.39, 0.29) is 18.2 Å². The first kappa shape index (κ1) is 19.3. The molecule has 0 saturated heterocycles. The fourth-order valence-electron chi connectivity index (χ4n) is 2.00. The minimum Gasteiger partial charge on any atom is -0.497 e. The first-order valence-corrected chi connectivity index (χ1v) is 8.68. The van der Waals surface area contributed by atoms with Gasteiger partial charge in [-0.15, -0.1) is 11.3 Å². The number of nitrogens with one attached hydrogen (secondary N) is 3. The zero-order chi connectivity index (χ0) is 18.9. The third-order valence-corrected chi connectivity index (χ3v) is 4.01. The highest BCUT2D eigenvalue weighted by Gasteiger charge is 2.06. The molecule has 8 nitrogen and oxygen atoms in total. The van der Waals surface area contributed by atoms with E-state index in [0.29, 0.717) is 23.1 Å². The number of rotatable bonds is 8. The Balaban J connectivity index is 1.73. The van der Waals surface area contributed by atoms with E-state index in [9.17, 15) is 9.59 Å². The molecule has 2 aromatic rings. The molecule has 1 aromatic heterocycles. The number of allylic oxidation sites excluding steroid dienone is 1. The van der Waals surface area contributed by atoms with Crippen LogP contribution in [0.3, 0.4) is 0 Å². The molecule has 26 heavy (non-hydrogen) atoms. The van der Waals surface area contributed by atoms with Gasteiger partial charge in [-0.25, -0.2) is 4.98 Å². The predicted octanol–water partition coefficient (Wildman–Crippen LogP) is 1.12. The van der Waals surface area contributed by atoms with E-state index in [2.05, 4.69) is 21.2 Å². The summed E-state index contributed by atoms with van der Waals surface area (Å²) in [7, 11) is 1.60. The molecule has 0 aliphatic rings. The number of carbonyl (C=O) groups excluding carboxylic acids is 2. The van der Waals surface area contributed by atoms with Crippen molar-refractivity contribution in [3.05, 3.63) is 52.7 Å². The van der Waals surface area contributed by atoms with Crippen molar-refractivity contribution >= 4 is 28.3 Å². The van der Waals surface area contributed by atoms with Gasteiger partial charge in [0.15, 0.2) is 5.13 Å². The molecule has 0 spiro atoms. The van der Waals surface area contributed by atoms with Crippen LogP contribution in [0.1, 0.15) is 18.2 Å². The highest BCUT2D eigenvalue weighted by molar-refractivity contribution is 7.13. The molecule has 0 aliphatic carbocycles. The Labute approximate surface area is 155 Å². The van der Waals surface area contributed by atoms with E-state index in [1.807, 2.05) is 24.3 Å². The summed E-state index contributed by atoms with van der Waals surface area (Å²) in [6, 6.07) is 7.41. The molecule has 0 atom stereocenters. The molecule has 0 unspecified atom stereocenters. The number of nitrogens with zero attached hydrogens (tertiary/aromatic N) is 1. The molecule has 5 N–H and O–H groups in total. The Morgan fingerprint density at radius 3 is 2.62 bits per heavy atom. The number of benzene rings is 1. The van der Waals surface area contributed by atoms with Gasteiger partial charge in [-0.2, -0.15) is 0 Å². The molecule has 9 heteroatoms. The van der Waals surface area contributed by atoms with Gasteiger partial charge in [0.1, 0.15) is 5.75 Å². The van der Waals surface area contributed by atoms with Crippen molar-refractivity contribution in [3.8, 4) is 5.75 Å². The van der Waals surface area contributed by atoms with Crippen molar-refractivity contribution in [2.24, 2.45) is 0 Å². The fraction of sp³-hybridized carbons (Fsp3) is 0.235. The number of hydrogen-bond acceptors (Lipinski definition) is 7. The largest absolute Gasteiger partial charge is 0.497 e. The number of ether oxygens (including phenoxy) is 1. The molecular weight excluding hydrogens is 354 g/mol. The monoisotopic (exact) mass is 375 g/mol. The number of carbonyl (C=O) groups is 2. The average Bonchev–Trinajstić information content (AvgIpc) is 3.03. The van der Waals surface area contributed by atoms with Gasteiger partial charge in [-0.05, 0) is 24.6 Å². The van der Waals surface area contributed by atoms with E-state index >= 15 is 0 Å². The third-order valence-electron chi connectivity index (χ3n) is 3.28. The average molecular weight is 375 g/mol. The Hall–Kier alpha value is -3.07. The second-order valence-corrected chi connectivity index (χ2v) is 6.31. The van der Waals surface area contributed by atoms with Crippen LogP contribution in [0, 0.1) is 0 Å². The van der Waals surface area contributed by atoms with Crippen molar-refractivity contribution in [2.45, 2.75) is 19.9 Å². The van der Waals surface area contributed by atoms with Gasteiger partial charge < -0.3 is 21.2 Å². The van der Waals surface area contributed by atoms with Crippen LogP contribution in [-0.4, -0.2) is 23.9 Å². The van der Waals surface area contributed by atoms with Gasteiger partial charge >= 0.3 is 0 Å². The Kier molecular flexibility index (Phi) is 6.98. The fourth-order valence-corrected chi connectivity index (χ4v) is 2.56. The van der Waals surface area contributed by atoms with Crippen LogP contribution >= 0.6 is 11.3 Å². The number of aromatic nitrogens is 1. The van der Waals surface area contributed by atoms with Gasteiger partial charge in [0, 0.05) is 23.7 Å². The molecule has 0 fully saturated rings. The van der Waals surface area contributed by atoms with Crippen molar-refractivity contribution in [1.29, 1.82) is 0 Å². The van der Waals surface area contributed by atoms with Crippen molar-refractivity contribution in [2.75, 3.05) is 12.8 Å². The topological polar surface area (TPSA) is 118 Å². The number of hydrazine groups is 1. The van der Waals surface area contributed by atoms with Gasteiger partial charge in [0.05, 0.1) is 19.2 Å². The quantitative estimate of drug-likeness (QED) is 0.406. The molecule has 0 radical (unpaired) electrons. The number of amides is 2. The summed E-state index contributed by atoms with van der Waals surface area (Å²) in [5, 5.41) is 4.91. The Bertz CT molecular complexity index is 786. The lowest BCUT2D eigenvalue weighted by Crippen LogP contribution is -2.37. The lowest BCUT2D eigenvalue weighted by Gasteiger charge is -2.08. The summed E-state index contributed by atoms with van der Waals surface area (Å²) in [5.74, 6) is 0.213. The minimum absolute atomic E-state index is 0.109. The highest BCUT2D eigenvalue weighted by Crippen LogP contribution is 2.11. The molecule has 1 heterocycles. The Morgan fingerprint density at radius 2 is 2.00 bits per heavy atom. The van der Waals surface area contributed by atoms with Crippen LogP contribution in [0.4, 0.5) is 5.13 Å². The standard InChI is InChI=1S/C17H21N5O3S/c1-11(21-22-16(24)8-13-10-26-17(18)20-13)7-15(23)19-9-12-3-5-14(25-2)6-4-12/h3-7,10,21H,8-9H2,1-2H3,(H2,18,20)(H,19,23)(H,22,24)/b11-7-. The van der Waals surface area contributed by atoms with Gasteiger partial charge in [0.2, 0.25) is 11.8 Å². The lowest BCUT2D eigenvalue weighted by atomic mass is 10.2. The summed E-state index contributed by atoms with van der Waals surface area (Å²) >= 11 is 1.28. The van der Waals surface area contributed by atoms with Crippen LogP contribution in [0.25, 0.3) is 0 Å². The van der Waals surface area contributed by atoms with E-state index in [4.69, 9.17) is 10.5 Å². The van der Waals surface area contributed by atoms with Crippen LogP contribution in [-0.2, 0) is 22.6 Å². The molecule has 2 amide bonds. The number of thiazole rings is 1. The van der Waals surface area contributed by atoms with Gasteiger partial charge in [-0.1, -0.05) is 12.1 Å². The maximum Gasteiger partial charge on any atom is 0.246 e. The normalized spacial score (nSPS) is 10.9. The lowest BCUT2D eigenvalue weighted by molar-refractivity contribution is -0.121. The molecule has 0 saturated carbocycles. The SMILES string of the molecule is COc1ccc(CNC(=O)/C=C(/C)NNC(=O)Cc2csc(N)n2)cc1. The number of anilines is 1. The van der Waals surface area contributed by atoms with E-state index in [1.165, 1.54) is 17.4 Å². The molecule has 1 aromatic carbocycles. The second kappa shape index (κ2) is 9.42. The second-order valence-electron chi connectivity index (χ2n) is 5.42. The van der Waals surface area contributed by atoms with Crippen LogP contribution in [0.5, 0.6) is 5.75 Å². The van der Waals surface area contributed by atoms with Crippen LogP contribution < -0.4 is 26.6 Å². The van der Waals surface area contributed by atoms with E-state index in [0.717, 1.165) is 11.3 Å². The van der Waals surface area contributed by atoms with Crippen LogP contribution in [0.2, 0.25) is 0 Å². The van der Waals surface area contributed by atoms with E-state index in [1.54, 1.807) is 19.4 Å². The molecule has 138 valence electrons. The summed E-state index contributed by atoms with van der Waals surface area (Å²) in [5.41, 5.74) is 12.8. The maximum absolute atomic E-state index is 11.9. The number of nitrogen functional groups attached to an aromatic ring is 1. The summed E-state index contributed by atoms with van der Waals surface area (Å²) < 4.78 is 5.08. The summed E-state index contributed by atoms with van der Waals surface area (Å²) in [4.78, 5) is 27.7. The smallest absolute Gasteiger partial charge is 0.246 e. The number of hydrogen-bond donors (Lipinski definition) is 4. The summed E-state index contributed by atoms with van der Waals surface area (Å²) in [6.07, 6.45) is 1.47. The summed E-state index contributed by atoms with van der Waals surface area (Å²) in [6.45, 7) is 2.07. The zero-order valence-electron chi connectivity index (χ0n) is 14.5. The first-order valence-electron chi connectivity index (χ1n) is 7.80. The third kappa shape index (κ3) is 6.44. The predicted molar refractivity (Wildman–Crippen MR) is 100 cm³/mol. The number of nitrogens with two attached hydrogens (primary N) is 1. The van der Waals surface area contributed by atoms with Crippen molar-refractivity contribution < 1.29 is 14.3 Å².